The second-order valence-corrected chi connectivity index (χ2v) is 5.40. The molecule has 0 spiro atoms. The Bertz CT molecular complexity index is 464. The Morgan fingerprint density at radius 1 is 1.55 bits per heavy atom. The summed E-state index contributed by atoms with van der Waals surface area (Å²) in [5.74, 6) is -0.235. The molecule has 1 aromatic carbocycles. The van der Waals surface area contributed by atoms with Gasteiger partial charge in [0.2, 0.25) is 0 Å². The molecule has 2 atom stereocenters. The van der Waals surface area contributed by atoms with Crippen LogP contribution >= 0.6 is 0 Å². The Morgan fingerprint density at radius 2 is 2.30 bits per heavy atom. The smallest absolute Gasteiger partial charge is 0.320 e. The van der Waals surface area contributed by atoms with E-state index >= 15 is 0 Å². The number of rotatable bonds is 5. The van der Waals surface area contributed by atoms with Gasteiger partial charge >= 0.3 is 5.97 Å². The van der Waals surface area contributed by atoms with Crippen LogP contribution in [0.15, 0.2) is 24.3 Å². The van der Waals surface area contributed by atoms with Crippen LogP contribution in [0.5, 0.6) is 5.75 Å². The van der Waals surface area contributed by atoms with Crippen molar-refractivity contribution < 1.29 is 14.6 Å². The van der Waals surface area contributed by atoms with Crippen molar-refractivity contribution >= 4 is 5.97 Å². The van der Waals surface area contributed by atoms with Crippen molar-refractivity contribution in [2.45, 2.75) is 31.4 Å². The second kappa shape index (κ2) is 6.72. The molecular formula is C15H22N2O3. The van der Waals surface area contributed by atoms with Gasteiger partial charge in [0.05, 0.1) is 0 Å². The van der Waals surface area contributed by atoms with Gasteiger partial charge in [0.25, 0.3) is 0 Å². The summed E-state index contributed by atoms with van der Waals surface area (Å²) in [7, 11) is 2.09. The first-order chi connectivity index (χ1) is 9.56. The van der Waals surface area contributed by atoms with Crippen molar-refractivity contribution in [3.8, 4) is 5.75 Å². The van der Waals surface area contributed by atoms with Crippen molar-refractivity contribution in [3.05, 3.63) is 29.8 Å². The number of hydrogen-bond acceptors (Lipinski definition) is 4. The second-order valence-electron chi connectivity index (χ2n) is 5.40. The third-order valence-electron chi connectivity index (χ3n) is 3.60. The normalized spacial score (nSPS) is 21.4. The maximum Gasteiger partial charge on any atom is 0.320 e. The van der Waals surface area contributed by atoms with Crippen LogP contribution in [-0.2, 0) is 11.2 Å². The van der Waals surface area contributed by atoms with E-state index in [0.717, 1.165) is 37.2 Å². The summed E-state index contributed by atoms with van der Waals surface area (Å²) in [4.78, 5) is 13.1. The summed E-state index contributed by atoms with van der Waals surface area (Å²) in [5, 5.41) is 8.92. The number of likely N-dealkylation sites (tertiary alicyclic amines) is 1. The third-order valence-corrected chi connectivity index (χ3v) is 3.60. The van der Waals surface area contributed by atoms with Gasteiger partial charge < -0.3 is 20.5 Å². The van der Waals surface area contributed by atoms with Crippen molar-refractivity contribution in [1.82, 2.24) is 4.90 Å². The summed E-state index contributed by atoms with van der Waals surface area (Å²) in [6.45, 7) is 2.00. The molecule has 5 heteroatoms. The van der Waals surface area contributed by atoms with E-state index in [-0.39, 0.29) is 12.5 Å². The molecule has 1 aromatic rings. The molecule has 2 unspecified atom stereocenters. The van der Waals surface area contributed by atoms with Gasteiger partial charge in [-0.05, 0) is 38.1 Å². The maximum absolute atomic E-state index is 10.9. The number of benzene rings is 1. The van der Waals surface area contributed by atoms with E-state index in [4.69, 9.17) is 15.6 Å². The highest BCUT2D eigenvalue weighted by atomic mass is 16.5. The van der Waals surface area contributed by atoms with Gasteiger partial charge in [-0.25, -0.2) is 0 Å². The van der Waals surface area contributed by atoms with Crippen LogP contribution < -0.4 is 10.5 Å². The minimum atomic E-state index is -0.989. The van der Waals surface area contributed by atoms with Crippen LogP contribution in [0.4, 0.5) is 0 Å². The Balaban J connectivity index is 2.05. The molecular weight excluding hydrogens is 256 g/mol. The van der Waals surface area contributed by atoms with Gasteiger partial charge in [-0.2, -0.15) is 0 Å². The van der Waals surface area contributed by atoms with E-state index in [9.17, 15) is 4.79 Å². The zero-order chi connectivity index (χ0) is 14.5. The Kier molecular flexibility index (Phi) is 4.98. The molecule has 110 valence electrons. The number of para-hydroxylation sites is 1. The van der Waals surface area contributed by atoms with Crippen LogP contribution in [0.3, 0.4) is 0 Å². The summed E-state index contributed by atoms with van der Waals surface area (Å²) >= 11 is 0. The lowest BCUT2D eigenvalue weighted by atomic mass is 10.0. The van der Waals surface area contributed by atoms with Crippen LogP contribution in [0.25, 0.3) is 0 Å². The number of nitrogens with two attached hydrogens (primary N) is 1. The fourth-order valence-electron chi connectivity index (χ4n) is 2.51. The van der Waals surface area contributed by atoms with Gasteiger partial charge in [0.1, 0.15) is 17.9 Å². The topological polar surface area (TPSA) is 75.8 Å². The molecule has 0 radical (unpaired) electrons. The third kappa shape index (κ3) is 3.95. The molecule has 20 heavy (non-hydrogen) atoms. The minimum absolute atomic E-state index is 0.163. The number of likely N-dealkylation sites (N-methyl/N-ethyl adjacent to an activating group) is 1. The molecule has 2 rings (SSSR count). The largest absolute Gasteiger partial charge is 0.489 e. The number of ether oxygens (including phenoxy) is 1. The first-order valence-electron chi connectivity index (χ1n) is 6.97. The molecule has 1 heterocycles. The van der Waals surface area contributed by atoms with Crippen LogP contribution in [0.2, 0.25) is 0 Å². The van der Waals surface area contributed by atoms with Gasteiger partial charge in [-0.3, -0.25) is 4.79 Å². The molecule has 5 nitrogen and oxygen atoms in total. The Labute approximate surface area is 119 Å². The first kappa shape index (κ1) is 14.8. The lowest BCUT2D eigenvalue weighted by Crippen LogP contribution is -2.39. The maximum atomic E-state index is 10.9. The molecule has 1 fully saturated rings. The van der Waals surface area contributed by atoms with E-state index in [1.165, 1.54) is 0 Å². The standard InChI is InChI=1S/C15H22N2O3/c1-17-8-4-6-12(10-17)20-14-7-3-2-5-11(14)9-13(16)15(18)19/h2-3,5,7,12-13H,4,6,8-10,16H2,1H3,(H,18,19). The molecule has 1 aliphatic heterocycles. The lowest BCUT2D eigenvalue weighted by Gasteiger charge is -2.30. The molecule has 0 aromatic heterocycles. The zero-order valence-electron chi connectivity index (χ0n) is 11.8. The Morgan fingerprint density at radius 3 is 3.00 bits per heavy atom. The fraction of sp³-hybridized carbons (Fsp3) is 0.533. The van der Waals surface area contributed by atoms with Gasteiger partial charge in [-0.15, -0.1) is 0 Å². The number of hydrogen-bond donors (Lipinski definition) is 2. The SMILES string of the molecule is CN1CCCC(Oc2ccccc2CC(N)C(=O)O)C1. The highest BCUT2D eigenvalue weighted by Crippen LogP contribution is 2.23. The summed E-state index contributed by atoms with van der Waals surface area (Å²) < 4.78 is 6.05. The van der Waals surface area contributed by atoms with Crippen LogP contribution in [0, 0.1) is 0 Å². The predicted octanol–water partition coefficient (Wildman–Crippen LogP) is 1.11. The molecule has 0 saturated carbocycles. The zero-order valence-corrected chi connectivity index (χ0v) is 11.8. The highest BCUT2D eigenvalue weighted by molar-refractivity contribution is 5.73. The minimum Gasteiger partial charge on any atom is -0.489 e. The predicted molar refractivity (Wildman–Crippen MR) is 76.9 cm³/mol. The lowest BCUT2D eigenvalue weighted by molar-refractivity contribution is -0.138. The quantitative estimate of drug-likeness (QED) is 0.844. The fourth-order valence-corrected chi connectivity index (χ4v) is 2.51. The average molecular weight is 278 g/mol. The average Bonchev–Trinajstić information content (AvgIpc) is 2.41. The molecule has 0 aliphatic carbocycles. The van der Waals surface area contributed by atoms with Crippen molar-refractivity contribution in [3.63, 3.8) is 0 Å². The van der Waals surface area contributed by atoms with E-state index in [1.807, 2.05) is 24.3 Å². The van der Waals surface area contributed by atoms with Gasteiger partial charge in [0, 0.05) is 13.0 Å². The summed E-state index contributed by atoms with van der Waals surface area (Å²) in [6, 6.07) is 6.65. The number of carbonyl (C=O) groups is 1. The number of carboxylic acids is 1. The molecule has 0 bridgehead atoms. The van der Waals surface area contributed by atoms with E-state index in [2.05, 4.69) is 11.9 Å². The molecule has 3 N–H and O–H groups in total. The van der Waals surface area contributed by atoms with Gasteiger partial charge in [0.15, 0.2) is 0 Å². The van der Waals surface area contributed by atoms with Crippen molar-refractivity contribution in [1.29, 1.82) is 0 Å². The number of nitrogens with zero attached hydrogens (tertiary/aromatic N) is 1. The molecule has 1 aliphatic rings. The molecule has 1 saturated heterocycles. The van der Waals surface area contributed by atoms with E-state index in [0.29, 0.717) is 0 Å². The highest BCUT2D eigenvalue weighted by Gasteiger charge is 2.21. The molecule has 0 amide bonds. The number of carboxylic acid groups (broad SMARTS) is 1. The summed E-state index contributed by atoms with van der Waals surface area (Å²) in [6.07, 6.45) is 2.60. The van der Waals surface area contributed by atoms with Crippen LogP contribution in [0.1, 0.15) is 18.4 Å². The van der Waals surface area contributed by atoms with Crippen LogP contribution in [-0.4, -0.2) is 48.3 Å². The van der Waals surface area contributed by atoms with E-state index < -0.39 is 12.0 Å². The van der Waals surface area contributed by atoms with Crippen molar-refractivity contribution in [2.24, 2.45) is 5.73 Å². The number of aliphatic carboxylic acids is 1. The monoisotopic (exact) mass is 278 g/mol. The van der Waals surface area contributed by atoms with E-state index in [1.54, 1.807) is 0 Å². The number of piperidine rings is 1. The first-order valence-corrected chi connectivity index (χ1v) is 6.97. The van der Waals surface area contributed by atoms with Gasteiger partial charge in [-0.1, -0.05) is 18.2 Å². The van der Waals surface area contributed by atoms with Crippen molar-refractivity contribution in [2.75, 3.05) is 20.1 Å². The summed E-state index contributed by atoms with van der Waals surface area (Å²) in [5.41, 5.74) is 6.47. The Hall–Kier alpha value is -1.59.